The van der Waals surface area contributed by atoms with Gasteiger partial charge in [-0.15, -0.1) is 0 Å². The number of hydrogen-bond donors (Lipinski definition) is 13. The Morgan fingerprint density at radius 1 is 0.692 bits per heavy atom. The van der Waals surface area contributed by atoms with Gasteiger partial charge < -0.3 is 104 Å². The summed E-state index contributed by atoms with van der Waals surface area (Å²) in [5.74, 6) is -4.18. The fraction of sp³-hybridized carbons (Fsp3) is 0.907. The Hall–Kier alpha value is -2.57. The van der Waals surface area contributed by atoms with Gasteiger partial charge in [0.05, 0.1) is 43.4 Å². The van der Waals surface area contributed by atoms with Crippen molar-refractivity contribution in [1.29, 1.82) is 0 Å². The molecule has 446 valence electrons. The summed E-state index contributed by atoms with van der Waals surface area (Å²) in [5.41, 5.74) is -4.04. The summed E-state index contributed by atoms with van der Waals surface area (Å²) in [6, 6.07) is 0. The number of carbonyl (C=O) groups is 3. The number of ether oxygens (including phenoxy) is 8. The molecule has 0 aromatic heterocycles. The minimum Gasteiger partial charge on any atom is -0.479 e. The number of allylic oxidation sites excluding steroid dienone is 2. The van der Waals surface area contributed by atoms with Gasteiger partial charge in [-0.05, 0) is 78.9 Å². The molecule has 4 saturated carbocycles. The first-order chi connectivity index (χ1) is 36.3. The highest BCUT2D eigenvalue weighted by Crippen LogP contribution is 2.76. The number of aliphatic hydroxyl groups is 12. The van der Waals surface area contributed by atoms with Crippen LogP contribution in [0.1, 0.15) is 107 Å². The molecule has 27 unspecified atom stereocenters. The lowest BCUT2D eigenvalue weighted by Crippen LogP contribution is -2.72. The van der Waals surface area contributed by atoms with Gasteiger partial charge in [0.2, 0.25) is 0 Å². The molecule has 0 spiro atoms. The summed E-state index contributed by atoms with van der Waals surface area (Å²) >= 11 is 0. The second-order valence-electron chi connectivity index (χ2n) is 25.8. The van der Waals surface area contributed by atoms with Crippen LogP contribution in [0.25, 0.3) is 0 Å². The Bertz CT molecular complexity index is 2210. The Balaban J connectivity index is 1.11. The molecule has 27 atom stereocenters. The van der Waals surface area contributed by atoms with Crippen LogP contribution in [0.15, 0.2) is 11.6 Å². The number of aliphatic carboxylic acids is 1. The molecule has 0 amide bonds. The zero-order valence-electron chi connectivity index (χ0n) is 45.9. The number of rotatable bonds is 14. The molecule has 0 bridgehead atoms. The van der Waals surface area contributed by atoms with Gasteiger partial charge >= 0.3 is 17.9 Å². The first-order valence-corrected chi connectivity index (χ1v) is 27.5. The zero-order valence-corrected chi connectivity index (χ0v) is 45.9. The highest BCUT2D eigenvalue weighted by atomic mass is 16.8. The van der Waals surface area contributed by atoms with Gasteiger partial charge in [0, 0.05) is 17.8 Å². The average Bonchev–Trinajstić information content (AvgIpc) is 3.51. The molecular formula is C54H86O24. The number of fused-ring (bicyclic) bond motifs is 7. The van der Waals surface area contributed by atoms with E-state index in [4.69, 9.17) is 37.9 Å². The molecule has 0 radical (unpaired) electrons. The molecule has 0 aromatic rings. The summed E-state index contributed by atoms with van der Waals surface area (Å²) in [5, 5.41) is 144. The van der Waals surface area contributed by atoms with E-state index >= 15 is 0 Å². The second-order valence-corrected chi connectivity index (χ2v) is 25.8. The maximum Gasteiger partial charge on any atom is 0.335 e. The minimum atomic E-state index is -2.17. The number of carboxylic acids is 1. The van der Waals surface area contributed by atoms with Crippen molar-refractivity contribution in [2.24, 2.45) is 56.2 Å². The van der Waals surface area contributed by atoms with Crippen molar-refractivity contribution in [3.8, 4) is 0 Å². The van der Waals surface area contributed by atoms with E-state index in [1.54, 1.807) is 13.8 Å². The molecule has 5 aliphatic carbocycles. The SMILES string of the molecule is CC(=O)OCC12C(O)CC3(C)C(=CCC4C5(C)CCC(OC6OC(C(=O)O)C(OC7OC(CO)C(O)C(O)C7O)C(O)C6OC6OC(CO)C(O)C(O)C6O)C(C)(CO)C5CCC43C)C1CC(C)(C)C(OC(=O)C(C)C)C2O. The van der Waals surface area contributed by atoms with E-state index in [0.29, 0.717) is 32.1 Å². The maximum atomic E-state index is 13.1. The van der Waals surface area contributed by atoms with Crippen molar-refractivity contribution in [2.75, 3.05) is 26.4 Å². The lowest BCUT2D eigenvalue weighted by atomic mass is 9.33. The molecule has 0 aromatic carbocycles. The van der Waals surface area contributed by atoms with E-state index in [-0.39, 0.29) is 31.3 Å². The third-order valence-corrected chi connectivity index (χ3v) is 20.8. The van der Waals surface area contributed by atoms with E-state index < -0.39 is 199 Å². The van der Waals surface area contributed by atoms with Crippen LogP contribution in [-0.4, -0.2) is 227 Å². The molecule has 13 N–H and O–H groups in total. The first-order valence-electron chi connectivity index (χ1n) is 27.5. The van der Waals surface area contributed by atoms with Crippen LogP contribution in [0.5, 0.6) is 0 Å². The monoisotopic (exact) mass is 1120 g/mol. The van der Waals surface area contributed by atoms with Gasteiger partial charge in [-0.1, -0.05) is 67.0 Å². The number of hydrogen-bond acceptors (Lipinski definition) is 23. The van der Waals surface area contributed by atoms with Crippen LogP contribution in [0, 0.1) is 56.2 Å². The van der Waals surface area contributed by atoms with Crippen molar-refractivity contribution in [3.63, 3.8) is 0 Å². The van der Waals surface area contributed by atoms with E-state index in [1.165, 1.54) is 6.92 Å². The molecule has 3 saturated heterocycles. The van der Waals surface area contributed by atoms with Crippen LogP contribution in [0.3, 0.4) is 0 Å². The van der Waals surface area contributed by atoms with Crippen LogP contribution in [0.4, 0.5) is 0 Å². The molecular weight excluding hydrogens is 1030 g/mol. The number of aliphatic hydroxyl groups excluding tert-OH is 12. The van der Waals surface area contributed by atoms with Gasteiger partial charge in [-0.25, -0.2) is 4.79 Å². The van der Waals surface area contributed by atoms with Gasteiger partial charge in [0.25, 0.3) is 0 Å². The fourth-order valence-electron chi connectivity index (χ4n) is 16.1. The Kier molecular flexibility index (Phi) is 17.5. The van der Waals surface area contributed by atoms with E-state index in [9.17, 15) is 80.8 Å². The van der Waals surface area contributed by atoms with Crippen molar-refractivity contribution in [1.82, 2.24) is 0 Å². The Morgan fingerprint density at radius 3 is 1.79 bits per heavy atom. The summed E-state index contributed by atoms with van der Waals surface area (Å²) in [6.45, 7) is 14.5. The minimum absolute atomic E-state index is 0.0782. The van der Waals surface area contributed by atoms with Gasteiger partial charge in [-0.3, -0.25) is 9.59 Å². The number of esters is 2. The number of carboxylic acid groups (broad SMARTS) is 1. The van der Waals surface area contributed by atoms with E-state index in [0.717, 1.165) is 5.57 Å². The quantitative estimate of drug-likeness (QED) is 0.0527. The lowest BCUT2D eigenvalue weighted by molar-refractivity contribution is -0.392. The smallest absolute Gasteiger partial charge is 0.335 e. The Labute approximate surface area is 453 Å². The van der Waals surface area contributed by atoms with Crippen molar-refractivity contribution in [2.45, 2.75) is 224 Å². The molecule has 3 aliphatic heterocycles. The van der Waals surface area contributed by atoms with Crippen LogP contribution in [0.2, 0.25) is 0 Å². The predicted octanol–water partition coefficient (Wildman–Crippen LogP) is -1.63. The van der Waals surface area contributed by atoms with Crippen molar-refractivity contribution < 1.29 is 119 Å². The lowest BCUT2D eigenvalue weighted by Gasteiger charge is -2.72. The molecule has 7 fully saturated rings. The molecule has 78 heavy (non-hydrogen) atoms. The average molecular weight is 1120 g/mol. The first kappa shape index (κ1) is 61.5. The van der Waals surface area contributed by atoms with Crippen LogP contribution >= 0.6 is 0 Å². The Morgan fingerprint density at radius 2 is 1.27 bits per heavy atom. The summed E-state index contributed by atoms with van der Waals surface area (Å²) in [7, 11) is 0. The topological polar surface area (TPSA) is 388 Å². The fourth-order valence-corrected chi connectivity index (χ4v) is 16.1. The molecule has 3 heterocycles. The molecule has 24 nitrogen and oxygen atoms in total. The van der Waals surface area contributed by atoms with Crippen LogP contribution < -0.4 is 0 Å². The van der Waals surface area contributed by atoms with Crippen LogP contribution in [-0.2, 0) is 52.3 Å². The number of carbonyl (C=O) groups excluding carboxylic acids is 2. The third-order valence-electron chi connectivity index (χ3n) is 20.8. The standard InChI is InChI=1S/C54H86O24/c1-22(2)45(70)78-43-42(67)54(21-71-23(3)58)25(16-49(43,4)5)24-10-11-29-50(6)14-13-31(51(7,20-57)28(50)12-15-52(29,8)53(24,9)17-30(54)59)74-48-40(76-47-37(65)35(63)33(61)27(19-56)73-47)38(66)39(41(77-48)44(68)69)75-46-36(64)34(62)32(60)26(18-55)72-46/h10,22,25-43,46-48,55-57,59-67H,11-21H2,1-9H3,(H,68,69). The zero-order chi connectivity index (χ0) is 57.7. The summed E-state index contributed by atoms with van der Waals surface area (Å²) in [4.78, 5) is 38.8. The predicted molar refractivity (Wildman–Crippen MR) is 264 cm³/mol. The van der Waals surface area contributed by atoms with Gasteiger partial charge in [0.15, 0.2) is 25.0 Å². The largest absolute Gasteiger partial charge is 0.479 e. The maximum absolute atomic E-state index is 13.1. The highest BCUT2D eigenvalue weighted by Gasteiger charge is 2.74. The van der Waals surface area contributed by atoms with Crippen molar-refractivity contribution >= 4 is 17.9 Å². The van der Waals surface area contributed by atoms with Gasteiger partial charge in [-0.2, -0.15) is 0 Å². The molecule has 8 rings (SSSR count). The molecule has 8 aliphatic rings. The highest BCUT2D eigenvalue weighted by molar-refractivity contribution is 5.73. The normalized spacial score (nSPS) is 51.0. The molecule has 24 heteroatoms. The van der Waals surface area contributed by atoms with E-state index in [2.05, 4.69) is 26.8 Å². The summed E-state index contributed by atoms with van der Waals surface area (Å²) in [6.07, 6.45) is -28.2. The van der Waals surface area contributed by atoms with Crippen molar-refractivity contribution in [3.05, 3.63) is 11.6 Å². The second kappa shape index (κ2) is 22.2. The third kappa shape index (κ3) is 9.78. The van der Waals surface area contributed by atoms with Gasteiger partial charge in [0.1, 0.15) is 86.0 Å². The summed E-state index contributed by atoms with van der Waals surface area (Å²) < 4.78 is 47.7. The van der Waals surface area contributed by atoms with E-state index in [1.807, 2.05) is 20.8 Å².